The molecule has 2 aliphatic rings. The number of H-pyrrole nitrogens is 1. The normalized spacial score (nSPS) is 18.8. The number of nitrogens with zero attached hydrogens (tertiary/aromatic N) is 2. The van der Waals surface area contributed by atoms with Gasteiger partial charge in [0.2, 0.25) is 11.8 Å². The molecule has 0 aliphatic carbocycles. The van der Waals surface area contributed by atoms with Crippen LogP contribution in [0.4, 0.5) is 0 Å². The summed E-state index contributed by atoms with van der Waals surface area (Å²) in [7, 11) is 0. The van der Waals surface area contributed by atoms with Crippen LogP contribution in [-0.4, -0.2) is 52.1 Å². The molecule has 0 radical (unpaired) electrons. The van der Waals surface area contributed by atoms with Gasteiger partial charge in [-0.15, -0.1) is 0 Å². The van der Waals surface area contributed by atoms with E-state index in [4.69, 9.17) is 0 Å². The molecule has 0 unspecified atom stereocenters. The Morgan fingerprint density at radius 3 is 2.61 bits per heavy atom. The van der Waals surface area contributed by atoms with Gasteiger partial charge in [0.1, 0.15) is 0 Å². The Bertz CT molecular complexity index is 788. The Balaban J connectivity index is 1.38. The van der Waals surface area contributed by atoms with Gasteiger partial charge in [-0.1, -0.05) is 0 Å². The number of likely N-dealkylation sites (tertiary alicyclic amines) is 2. The standard InChI is InChI=1S/C17H17N3O3/c21-15-3-4-16(22)20(15)10-11-8-19(9-11)17(23)13-1-2-14-12(7-13)5-6-18-14/h1-2,5-7,11,18H,3-4,8-10H2. The molecule has 1 N–H and O–H groups in total. The number of carbonyl (C=O) groups is 3. The average Bonchev–Trinajstić information content (AvgIpc) is 3.09. The molecule has 2 fully saturated rings. The number of aromatic amines is 1. The van der Waals surface area contributed by atoms with E-state index in [1.165, 1.54) is 4.90 Å². The molecule has 1 aromatic heterocycles. The van der Waals surface area contributed by atoms with Gasteiger partial charge in [-0.25, -0.2) is 0 Å². The van der Waals surface area contributed by atoms with E-state index >= 15 is 0 Å². The highest BCUT2D eigenvalue weighted by molar-refractivity contribution is 6.02. The van der Waals surface area contributed by atoms with Crippen molar-refractivity contribution in [3.63, 3.8) is 0 Å². The number of nitrogens with one attached hydrogen (secondary N) is 1. The lowest BCUT2D eigenvalue weighted by molar-refractivity contribution is -0.139. The van der Waals surface area contributed by atoms with Crippen LogP contribution in [0, 0.1) is 5.92 Å². The predicted molar refractivity (Wildman–Crippen MR) is 83.6 cm³/mol. The Kier molecular flexibility index (Phi) is 3.18. The third-order valence-corrected chi connectivity index (χ3v) is 4.64. The largest absolute Gasteiger partial charge is 0.361 e. The summed E-state index contributed by atoms with van der Waals surface area (Å²) in [6, 6.07) is 7.55. The lowest BCUT2D eigenvalue weighted by Gasteiger charge is -2.40. The zero-order valence-corrected chi connectivity index (χ0v) is 12.6. The van der Waals surface area contributed by atoms with E-state index in [2.05, 4.69) is 4.98 Å². The predicted octanol–water partition coefficient (Wildman–Crippen LogP) is 1.39. The van der Waals surface area contributed by atoms with Crippen molar-refractivity contribution in [3.05, 3.63) is 36.0 Å². The second kappa shape index (κ2) is 5.22. The van der Waals surface area contributed by atoms with Crippen LogP contribution in [0.1, 0.15) is 23.2 Å². The molecule has 6 heteroatoms. The Labute approximate surface area is 133 Å². The van der Waals surface area contributed by atoms with E-state index in [1.54, 1.807) is 4.90 Å². The summed E-state index contributed by atoms with van der Waals surface area (Å²) >= 11 is 0. The van der Waals surface area contributed by atoms with Gasteiger partial charge in [0.15, 0.2) is 0 Å². The number of amides is 3. The summed E-state index contributed by atoms with van der Waals surface area (Å²) in [4.78, 5) is 41.9. The first-order valence-corrected chi connectivity index (χ1v) is 7.81. The zero-order chi connectivity index (χ0) is 16.0. The minimum absolute atomic E-state index is 0.00317. The van der Waals surface area contributed by atoms with Crippen LogP contribution >= 0.6 is 0 Å². The summed E-state index contributed by atoms with van der Waals surface area (Å²) in [5, 5.41) is 1.01. The van der Waals surface area contributed by atoms with Gasteiger partial charge in [0.25, 0.3) is 5.91 Å². The lowest BCUT2D eigenvalue weighted by Crippen LogP contribution is -2.54. The molecule has 2 aromatic rings. The maximum absolute atomic E-state index is 12.5. The van der Waals surface area contributed by atoms with E-state index in [1.807, 2.05) is 30.5 Å². The Hall–Kier alpha value is -2.63. The highest BCUT2D eigenvalue weighted by Crippen LogP contribution is 2.24. The van der Waals surface area contributed by atoms with Crippen molar-refractivity contribution in [3.8, 4) is 0 Å². The fourth-order valence-electron chi connectivity index (χ4n) is 3.30. The number of hydrogen-bond donors (Lipinski definition) is 1. The third-order valence-electron chi connectivity index (χ3n) is 4.64. The molecule has 3 heterocycles. The molecule has 0 atom stereocenters. The first-order valence-electron chi connectivity index (χ1n) is 7.81. The number of fused-ring (bicyclic) bond motifs is 1. The molecule has 0 bridgehead atoms. The first-order chi connectivity index (χ1) is 11.1. The van der Waals surface area contributed by atoms with Crippen molar-refractivity contribution in [1.29, 1.82) is 0 Å². The minimum Gasteiger partial charge on any atom is -0.361 e. The van der Waals surface area contributed by atoms with E-state index in [-0.39, 0.29) is 23.6 Å². The van der Waals surface area contributed by atoms with Gasteiger partial charge in [-0.05, 0) is 24.3 Å². The van der Waals surface area contributed by atoms with Gasteiger partial charge in [-0.2, -0.15) is 0 Å². The van der Waals surface area contributed by atoms with Crippen molar-refractivity contribution in [1.82, 2.24) is 14.8 Å². The SMILES string of the molecule is O=C(c1ccc2[nH]ccc2c1)N1CC(CN2C(=O)CCC2=O)C1. The number of benzene rings is 1. The number of rotatable bonds is 3. The van der Waals surface area contributed by atoms with E-state index in [0.29, 0.717) is 38.0 Å². The molecule has 118 valence electrons. The molecule has 2 saturated heterocycles. The fourth-order valence-corrected chi connectivity index (χ4v) is 3.30. The van der Waals surface area contributed by atoms with Crippen molar-refractivity contribution >= 4 is 28.6 Å². The maximum atomic E-state index is 12.5. The second-order valence-electron chi connectivity index (χ2n) is 6.25. The topological polar surface area (TPSA) is 73.5 Å². The number of aromatic nitrogens is 1. The molecule has 2 aliphatic heterocycles. The van der Waals surface area contributed by atoms with Crippen LogP contribution < -0.4 is 0 Å². The second-order valence-corrected chi connectivity index (χ2v) is 6.25. The first kappa shape index (κ1) is 14.0. The zero-order valence-electron chi connectivity index (χ0n) is 12.6. The van der Waals surface area contributed by atoms with Crippen LogP contribution in [0.25, 0.3) is 10.9 Å². The number of imide groups is 1. The van der Waals surface area contributed by atoms with Gasteiger partial charge in [-0.3, -0.25) is 19.3 Å². The summed E-state index contributed by atoms with van der Waals surface area (Å²) in [5.41, 5.74) is 1.68. The summed E-state index contributed by atoms with van der Waals surface area (Å²) in [6.07, 6.45) is 2.50. The average molecular weight is 311 g/mol. The quantitative estimate of drug-likeness (QED) is 0.871. The van der Waals surface area contributed by atoms with Gasteiger partial charge in [0.05, 0.1) is 0 Å². The fraction of sp³-hybridized carbons (Fsp3) is 0.353. The Morgan fingerprint density at radius 1 is 1.13 bits per heavy atom. The molecule has 6 nitrogen and oxygen atoms in total. The summed E-state index contributed by atoms with van der Waals surface area (Å²) in [5.74, 6) is 0.0275. The molecule has 23 heavy (non-hydrogen) atoms. The third kappa shape index (κ3) is 2.40. The highest BCUT2D eigenvalue weighted by Gasteiger charge is 2.37. The molecule has 1 aromatic carbocycles. The lowest BCUT2D eigenvalue weighted by atomic mass is 9.98. The van der Waals surface area contributed by atoms with E-state index < -0.39 is 0 Å². The van der Waals surface area contributed by atoms with Crippen LogP contribution in [0.3, 0.4) is 0 Å². The van der Waals surface area contributed by atoms with Crippen LogP contribution in [0.5, 0.6) is 0 Å². The van der Waals surface area contributed by atoms with Crippen molar-refractivity contribution < 1.29 is 14.4 Å². The van der Waals surface area contributed by atoms with Crippen molar-refractivity contribution in [2.24, 2.45) is 5.92 Å². The number of carbonyl (C=O) groups excluding carboxylic acids is 3. The molecule has 3 amide bonds. The summed E-state index contributed by atoms with van der Waals surface area (Å²) < 4.78 is 0. The van der Waals surface area contributed by atoms with Crippen molar-refractivity contribution in [2.75, 3.05) is 19.6 Å². The van der Waals surface area contributed by atoms with Gasteiger partial charge in [0, 0.05) is 61.1 Å². The molecule has 0 saturated carbocycles. The number of hydrogen-bond acceptors (Lipinski definition) is 3. The minimum atomic E-state index is -0.0855. The van der Waals surface area contributed by atoms with Gasteiger partial charge < -0.3 is 9.88 Å². The summed E-state index contributed by atoms with van der Waals surface area (Å²) in [6.45, 7) is 1.64. The maximum Gasteiger partial charge on any atom is 0.253 e. The van der Waals surface area contributed by atoms with E-state index in [9.17, 15) is 14.4 Å². The van der Waals surface area contributed by atoms with Gasteiger partial charge >= 0.3 is 0 Å². The molecule has 4 rings (SSSR count). The molecular weight excluding hydrogens is 294 g/mol. The van der Waals surface area contributed by atoms with Crippen LogP contribution in [0.15, 0.2) is 30.5 Å². The van der Waals surface area contributed by atoms with E-state index in [0.717, 1.165) is 10.9 Å². The monoisotopic (exact) mass is 311 g/mol. The Morgan fingerprint density at radius 2 is 1.87 bits per heavy atom. The van der Waals surface area contributed by atoms with Crippen LogP contribution in [0.2, 0.25) is 0 Å². The highest BCUT2D eigenvalue weighted by atomic mass is 16.2. The van der Waals surface area contributed by atoms with Crippen molar-refractivity contribution in [2.45, 2.75) is 12.8 Å². The smallest absolute Gasteiger partial charge is 0.253 e. The molecular formula is C17H17N3O3. The van der Waals surface area contributed by atoms with Crippen LogP contribution in [-0.2, 0) is 9.59 Å². The molecule has 0 spiro atoms.